The maximum absolute atomic E-state index is 11.9. The minimum Gasteiger partial charge on any atom is -0.493 e. The molecule has 1 aliphatic rings. The monoisotopic (exact) mass is 342 g/mol. The smallest absolute Gasteiger partial charge is 0.330 e. The molecular formula is C14H18N2O6S. The van der Waals surface area contributed by atoms with E-state index in [0.717, 1.165) is 16.1 Å². The number of fused-ring (bicyclic) bond motifs is 1. The maximum Gasteiger partial charge on any atom is 0.330 e. The van der Waals surface area contributed by atoms with Crippen molar-refractivity contribution in [2.75, 3.05) is 26.5 Å². The Kier molecular flexibility index (Phi) is 4.90. The number of carboxylic acids is 1. The van der Waals surface area contributed by atoms with E-state index >= 15 is 0 Å². The number of nitrogens with one attached hydrogen (secondary N) is 1. The summed E-state index contributed by atoms with van der Waals surface area (Å²) >= 11 is 0. The van der Waals surface area contributed by atoms with Crippen LogP contribution in [0, 0.1) is 0 Å². The molecule has 1 amide bonds. The molecule has 23 heavy (non-hydrogen) atoms. The summed E-state index contributed by atoms with van der Waals surface area (Å²) in [6, 6.07) is 3.68. The fourth-order valence-electron chi connectivity index (χ4n) is 2.20. The van der Waals surface area contributed by atoms with Gasteiger partial charge in [0.05, 0.1) is 19.4 Å². The number of likely N-dealkylation sites (N-methyl/N-ethyl adjacent to an activating group) is 1. The van der Waals surface area contributed by atoms with Crippen LogP contribution >= 0.6 is 0 Å². The van der Waals surface area contributed by atoms with Gasteiger partial charge in [-0.25, -0.2) is 13.2 Å². The Hall–Kier alpha value is -2.13. The van der Waals surface area contributed by atoms with E-state index in [1.807, 2.05) is 0 Å². The third-order valence-electron chi connectivity index (χ3n) is 3.53. The van der Waals surface area contributed by atoms with Gasteiger partial charge in [-0.15, -0.1) is 0 Å². The second kappa shape index (κ2) is 6.55. The lowest BCUT2D eigenvalue weighted by Crippen LogP contribution is -2.41. The number of hydrogen-bond acceptors (Lipinski definition) is 5. The van der Waals surface area contributed by atoms with Crippen LogP contribution in [-0.2, 0) is 26.0 Å². The summed E-state index contributed by atoms with van der Waals surface area (Å²) in [4.78, 5) is 23.4. The summed E-state index contributed by atoms with van der Waals surface area (Å²) in [7, 11) is -2.27. The van der Waals surface area contributed by atoms with Gasteiger partial charge in [0.2, 0.25) is 15.9 Å². The number of carbonyl (C=O) groups is 2. The van der Waals surface area contributed by atoms with Crippen LogP contribution in [0.3, 0.4) is 0 Å². The van der Waals surface area contributed by atoms with E-state index in [-0.39, 0.29) is 0 Å². The number of rotatable bonds is 6. The number of amides is 1. The van der Waals surface area contributed by atoms with Gasteiger partial charge in [0.15, 0.2) is 6.04 Å². The zero-order chi connectivity index (χ0) is 17.2. The van der Waals surface area contributed by atoms with Crippen molar-refractivity contribution in [3.63, 3.8) is 0 Å². The van der Waals surface area contributed by atoms with Gasteiger partial charge in [-0.3, -0.25) is 4.79 Å². The molecule has 0 aliphatic carbocycles. The van der Waals surface area contributed by atoms with Crippen molar-refractivity contribution in [2.24, 2.45) is 0 Å². The minimum atomic E-state index is -3.52. The summed E-state index contributed by atoms with van der Waals surface area (Å²) in [5.74, 6) is -1.21. The highest BCUT2D eigenvalue weighted by Crippen LogP contribution is 2.28. The zero-order valence-corrected chi connectivity index (χ0v) is 13.6. The molecule has 0 radical (unpaired) electrons. The summed E-state index contributed by atoms with van der Waals surface area (Å²) in [5, 5.41) is 11.7. The molecule has 1 aromatic carbocycles. The Balaban J connectivity index is 2.13. The molecule has 0 bridgehead atoms. The normalized spacial score (nSPS) is 14.9. The maximum atomic E-state index is 11.9. The Morgan fingerprint density at radius 1 is 1.43 bits per heavy atom. The second-order valence-corrected chi connectivity index (χ2v) is 7.41. The van der Waals surface area contributed by atoms with Crippen LogP contribution in [0.4, 0.5) is 0 Å². The fourth-order valence-corrected chi connectivity index (χ4v) is 2.55. The van der Waals surface area contributed by atoms with E-state index in [1.165, 1.54) is 7.05 Å². The highest BCUT2D eigenvalue weighted by molar-refractivity contribution is 7.88. The summed E-state index contributed by atoms with van der Waals surface area (Å²) < 4.78 is 28.8. The summed E-state index contributed by atoms with van der Waals surface area (Å²) in [5.41, 5.74) is 1.30. The number of carboxylic acid groups (broad SMARTS) is 1. The lowest BCUT2D eigenvalue weighted by Gasteiger charge is -2.18. The molecule has 1 aromatic rings. The van der Waals surface area contributed by atoms with Crippen molar-refractivity contribution in [1.29, 1.82) is 0 Å². The lowest BCUT2D eigenvalue weighted by atomic mass is 10.0. The largest absolute Gasteiger partial charge is 0.493 e. The fraction of sp³-hybridized carbons (Fsp3) is 0.429. The van der Waals surface area contributed by atoms with Gasteiger partial charge in [-0.2, -0.15) is 4.31 Å². The SMILES string of the molecule is CN(CC(=O)NC(C(=O)O)c1ccc2c(c1)CCO2)S(C)(=O)=O. The molecular weight excluding hydrogens is 324 g/mol. The number of nitrogens with zero attached hydrogens (tertiary/aromatic N) is 1. The molecule has 0 saturated heterocycles. The van der Waals surface area contributed by atoms with Crippen LogP contribution in [0.1, 0.15) is 17.2 Å². The molecule has 0 aromatic heterocycles. The zero-order valence-electron chi connectivity index (χ0n) is 12.8. The first kappa shape index (κ1) is 17.2. The number of benzene rings is 1. The van der Waals surface area contributed by atoms with E-state index < -0.39 is 34.5 Å². The molecule has 8 nitrogen and oxygen atoms in total. The van der Waals surface area contributed by atoms with E-state index in [2.05, 4.69) is 5.32 Å². The van der Waals surface area contributed by atoms with Crippen molar-refractivity contribution in [3.8, 4) is 5.75 Å². The van der Waals surface area contributed by atoms with Crippen LogP contribution < -0.4 is 10.1 Å². The van der Waals surface area contributed by atoms with Gasteiger partial charge in [-0.1, -0.05) is 6.07 Å². The first-order chi connectivity index (χ1) is 10.7. The predicted octanol–water partition coefficient (Wildman–Crippen LogP) is -0.245. The van der Waals surface area contributed by atoms with Crippen LogP contribution in [0.15, 0.2) is 18.2 Å². The average Bonchev–Trinajstić information content (AvgIpc) is 2.90. The second-order valence-electron chi connectivity index (χ2n) is 5.32. The molecule has 1 heterocycles. The molecule has 1 aliphatic heterocycles. The molecule has 2 rings (SSSR count). The van der Waals surface area contributed by atoms with Gasteiger partial charge >= 0.3 is 5.97 Å². The highest BCUT2D eigenvalue weighted by atomic mass is 32.2. The van der Waals surface area contributed by atoms with Crippen LogP contribution in [0.25, 0.3) is 0 Å². The molecule has 0 fully saturated rings. The van der Waals surface area contributed by atoms with Crippen molar-refractivity contribution in [1.82, 2.24) is 9.62 Å². The van der Waals surface area contributed by atoms with Crippen molar-refractivity contribution in [2.45, 2.75) is 12.5 Å². The number of hydrogen-bond donors (Lipinski definition) is 2. The van der Waals surface area contributed by atoms with Crippen LogP contribution in [0.5, 0.6) is 5.75 Å². The Bertz CT molecular complexity index is 731. The Morgan fingerprint density at radius 3 is 2.74 bits per heavy atom. The standard InChI is InChI=1S/C14H18N2O6S/c1-16(23(2,20)21)8-12(17)15-13(14(18)19)10-3-4-11-9(7-10)5-6-22-11/h3-4,7,13H,5-6,8H2,1-2H3,(H,15,17)(H,18,19). The molecule has 9 heteroatoms. The van der Waals surface area contributed by atoms with Gasteiger partial charge < -0.3 is 15.2 Å². The van der Waals surface area contributed by atoms with Gasteiger partial charge in [-0.05, 0) is 23.3 Å². The van der Waals surface area contributed by atoms with Crippen molar-refractivity contribution >= 4 is 21.9 Å². The van der Waals surface area contributed by atoms with E-state index in [1.54, 1.807) is 18.2 Å². The predicted molar refractivity (Wildman–Crippen MR) is 81.6 cm³/mol. The third kappa shape index (κ3) is 4.20. The minimum absolute atomic E-state index is 0.414. The van der Waals surface area contributed by atoms with Crippen LogP contribution in [-0.4, -0.2) is 56.2 Å². The van der Waals surface area contributed by atoms with Gasteiger partial charge in [0.1, 0.15) is 5.75 Å². The van der Waals surface area contributed by atoms with E-state index in [0.29, 0.717) is 24.3 Å². The highest BCUT2D eigenvalue weighted by Gasteiger charge is 2.25. The Morgan fingerprint density at radius 2 is 2.13 bits per heavy atom. The lowest BCUT2D eigenvalue weighted by molar-refractivity contribution is -0.142. The first-order valence-corrected chi connectivity index (χ1v) is 8.72. The third-order valence-corrected chi connectivity index (χ3v) is 4.79. The van der Waals surface area contributed by atoms with E-state index in [9.17, 15) is 23.1 Å². The van der Waals surface area contributed by atoms with E-state index in [4.69, 9.17) is 4.74 Å². The van der Waals surface area contributed by atoms with Gasteiger partial charge in [0, 0.05) is 13.5 Å². The molecule has 1 atom stereocenters. The summed E-state index contributed by atoms with van der Waals surface area (Å²) in [6.45, 7) is 0.0959. The molecule has 0 spiro atoms. The molecule has 1 unspecified atom stereocenters. The Labute approximate surface area is 134 Å². The molecule has 126 valence electrons. The number of ether oxygens (including phenoxy) is 1. The number of aliphatic carboxylic acids is 1. The number of carbonyl (C=O) groups excluding carboxylic acids is 1. The molecule has 0 saturated carbocycles. The van der Waals surface area contributed by atoms with Gasteiger partial charge in [0.25, 0.3) is 0 Å². The quantitative estimate of drug-likeness (QED) is 0.737. The summed E-state index contributed by atoms with van der Waals surface area (Å²) in [6.07, 6.45) is 1.65. The average molecular weight is 342 g/mol. The van der Waals surface area contributed by atoms with Crippen LogP contribution in [0.2, 0.25) is 0 Å². The van der Waals surface area contributed by atoms with Crippen molar-refractivity contribution < 1.29 is 27.9 Å². The first-order valence-electron chi connectivity index (χ1n) is 6.87. The number of sulfonamides is 1. The topological polar surface area (TPSA) is 113 Å². The molecule has 2 N–H and O–H groups in total. The van der Waals surface area contributed by atoms with Crippen molar-refractivity contribution in [3.05, 3.63) is 29.3 Å².